The van der Waals surface area contributed by atoms with Gasteiger partial charge < -0.3 is 5.32 Å². The molecule has 1 N–H and O–H groups in total. The number of hydrogen-bond acceptors (Lipinski definition) is 1. The lowest BCUT2D eigenvalue weighted by Crippen LogP contribution is -2.39. The first kappa shape index (κ1) is 6.96. The molecule has 0 aromatic heterocycles. The Morgan fingerprint density at radius 3 is 3.23 bits per heavy atom. The maximum Gasteiger partial charge on any atom is 0.0401 e. The molecule has 0 fully saturated rings. The Balaban J connectivity index is 2.55. The number of nitrogens with one attached hydrogen (secondary N) is 1. The molecule has 0 radical (unpaired) electrons. The average Bonchev–Trinajstić information content (AvgIpc) is 2.19. The Morgan fingerprint density at radius 2 is 2.23 bits per heavy atom. The molecule has 0 spiro atoms. The van der Waals surface area contributed by atoms with Crippen LogP contribution in [0, 0.1) is 0 Å². The number of hydrogen-bond donors (Lipinski definition) is 1. The van der Waals surface area contributed by atoms with Crippen LogP contribution in [0.5, 0.6) is 0 Å². The van der Waals surface area contributed by atoms with E-state index in [9.17, 15) is 0 Å². The van der Waals surface area contributed by atoms with Crippen molar-refractivity contribution in [1.29, 1.82) is 0 Å². The van der Waals surface area contributed by atoms with Crippen LogP contribution in [0.4, 0.5) is 0 Å². The molecule has 0 saturated heterocycles. The highest BCUT2D eigenvalue weighted by Crippen LogP contribution is 2.06. The summed E-state index contributed by atoms with van der Waals surface area (Å²) < 4.78 is 0. The second kappa shape index (κ2) is 2.49. The molecule has 2 aliphatic rings. The molecule has 1 aliphatic carbocycles. The molecule has 0 amide bonds. The van der Waals surface area contributed by atoms with Crippen LogP contribution >= 0.6 is 0 Å². The van der Waals surface area contributed by atoms with Crippen LogP contribution in [0.25, 0.3) is 11.8 Å². The van der Waals surface area contributed by atoms with Crippen molar-refractivity contribution in [1.82, 2.24) is 5.32 Å². The Bertz CT molecular complexity index is 494. The molecule has 1 heteroatoms. The van der Waals surface area contributed by atoms with E-state index in [1.54, 1.807) is 0 Å². The number of benzene rings is 1. The van der Waals surface area contributed by atoms with E-state index in [2.05, 4.69) is 41.9 Å². The monoisotopic (exact) mass is 169 g/mol. The highest BCUT2D eigenvalue weighted by molar-refractivity contribution is 5.64. The fourth-order valence-electron chi connectivity index (χ4n) is 2.13. The molecule has 0 atom stereocenters. The van der Waals surface area contributed by atoms with Crippen molar-refractivity contribution < 1.29 is 0 Å². The van der Waals surface area contributed by atoms with Gasteiger partial charge in [0.05, 0.1) is 0 Å². The zero-order valence-corrected chi connectivity index (χ0v) is 7.38. The minimum atomic E-state index is 0.973. The molecule has 0 unspecified atom stereocenters. The lowest BCUT2D eigenvalue weighted by Gasteiger charge is -2.15. The van der Waals surface area contributed by atoms with E-state index in [-0.39, 0.29) is 0 Å². The van der Waals surface area contributed by atoms with E-state index >= 15 is 0 Å². The van der Waals surface area contributed by atoms with E-state index in [1.165, 1.54) is 21.6 Å². The predicted octanol–water partition coefficient (Wildman–Crippen LogP) is 0.291. The molecule has 1 aromatic carbocycles. The standard InChI is InChI=1S/C12H11N/c1-3-9-4-2-6-11-8-13-7-10(5-1)12(9)11/h1-3,5-7,13H,4,8H2. The maximum absolute atomic E-state index is 3.29. The van der Waals surface area contributed by atoms with Crippen molar-refractivity contribution in [3.8, 4) is 0 Å². The fraction of sp³-hybridized carbons (Fsp3) is 0.167. The Hall–Kier alpha value is -1.50. The first-order valence-electron chi connectivity index (χ1n) is 4.66. The Kier molecular flexibility index (Phi) is 1.33. The summed E-state index contributed by atoms with van der Waals surface area (Å²) in [6, 6.07) is 6.53. The van der Waals surface area contributed by atoms with Gasteiger partial charge >= 0.3 is 0 Å². The van der Waals surface area contributed by atoms with E-state index in [0.29, 0.717) is 0 Å². The lowest BCUT2D eigenvalue weighted by molar-refractivity contribution is 1.01. The van der Waals surface area contributed by atoms with Gasteiger partial charge in [0.2, 0.25) is 0 Å². The van der Waals surface area contributed by atoms with Crippen LogP contribution in [0.3, 0.4) is 0 Å². The van der Waals surface area contributed by atoms with Crippen LogP contribution in [-0.2, 0) is 6.42 Å². The third-order valence-corrected chi connectivity index (χ3v) is 2.71. The van der Waals surface area contributed by atoms with Gasteiger partial charge in [-0.2, -0.15) is 0 Å². The Morgan fingerprint density at radius 1 is 1.23 bits per heavy atom. The van der Waals surface area contributed by atoms with Crippen LogP contribution in [0.2, 0.25) is 0 Å². The summed E-state index contributed by atoms with van der Waals surface area (Å²) in [5.41, 5.74) is 2.90. The van der Waals surface area contributed by atoms with Crippen molar-refractivity contribution in [3.05, 3.63) is 46.4 Å². The summed E-state index contributed by atoms with van der Waals surface area (Å²) >= 11 is 0. The normalized spacial score (nSPS) is 17.4. The minimum Gasteiger partial charge on any atom is -0.386 e. The quantitative estimate of drug-likeness (QED) is 0.588. The first-order chi connectivity index (χ1) is 6.45. The van der Waals surface area contributed by atoms with Crippen LogP contribution in [0.1, 0.15) is 5.56 Å². The van der Waals surface area contributed by atoms with Crippen molar-refractivity contribution in [2.45, 2.75) is 6.42 Å². The van der Waals surface area contributed by atoms with Crippen molar-refractivity contribution >= 4 is 11.8 Å². The topological polar surface area (TPSA) is 12.0 Å². The summed E-state index contributed by atoms with van der Waals surface area (Å²) in [4.78, 5) is 0. The van der Waals surface area contributed by atoms with Crippen molar-refractivity contribution in [2.75, 3.05) is 6.54 Å². The van der Waals surface area contributed by atoms with Gasteiger partial charge in [-0.05, 0) is 28.0 Å². The molecule has 0 saturated carbocycles. The molecule has 64 valence electrons. The summed E-state index contributed by atoms with van der Waals surface area (Å²) in [6.45, 7) is 0.973. The number of rotatable bonds is 0. The summed E-state index contributed by atoms with van der Waals surface area (Å²) in [5.74, 6) is 0. The smallest absolute Gasteiger partial charge is 0.0401 e. The van der Waals surface area contributed by atoms with Crippen LogP contribution < -0.4 is 15.8 Å². The zero-order chi connectivity index (χ0) is 8.67. The highest BCUT2D eigenvalue weighted by Gasteiger charge is 2.07. The Labute approximate surface area is 77.1 Å². The fourth-order valence-corrected chi connectivity index (χ4v) is 2.13. The van der Waals surface area contributed by atoms with Crippen LogP contribution in [-0.4, -0.2) is 6.54 Å². The molecular formula is C12H11N. The van der Waals surface area contributed by atoms with Crippen molar-refractivity contribution in [2.24, 2.45) is 0 Å². The predicted molar refractivity (Wildman–Crippen MR) is 54.4 cm³/mol. The maximum atomic E-state index is 3.29. The molecule has 13 heavy (non-hydrogen) atoms. The van der Waals surface area contributed by atoms with E-state index in [1.807, 2.05) is 0 Å². The molecule has 1 aliphatic heterocycles. The molecule has 3 rings (SSSR count). The number of allylic oxidation sites excluding steroid dienone is 1. The molecular weight excluding hydrogens is 158 g/mol. The van der Waals surface area contributed by atoms with E-state index in [4.69, 9.17) is 0 Å². The molecule has 1 aromatic rings. The molecule has 0 bridgehead atoms. The van der Waals surface area contributed by atoms with Gasteiger partial charge in [0.25, 0.3) is 0 Å². The van der Waals surface area contributed by atoms with Gasteiger partial charge in [0.1, 0.15) is 0 Å². The lowest BCUT2D eigenvalue weighted by atomic mass is 9.96. The van der Waals surface area contributed by atoms with E-state index < -0.39 is 0 Å². The minimum absolute atomic E-state index is 0.973. The third-order valence-electron chi connectivity index (χ3n) is 2.71. The average molecular weight is 169 g/mol. The second-order valence-corrected chi connectivity index (χ2v) is 3.54. The SMILES string of the molecule is C1=CC2=c3c(cccc3=CNC2)C1. The molecule has 1 nitrogen and oxygen atoms in total. The van der Waals surface area contributed by atoms with Gasteiger partial charge in [-0.15, -0.1) is 0 Å². The van der Waals surface area contributed by atoms with Gasteiger partial charge in [-0.1, -0.05) is 30.4 Å². The van der Waals surface area contributed by atoms with Gasteiger partial charge in [-0.25, -0.2) is 0 Å². The van der Waals surface area contributed by atoms with Crippen molar-refractivity contribution in [3.63, 3.8) is 0 Å². The van der Waals surface area contributed by atoms with Gasteiger partial charge in [0, 0.05) is 12.7 Å². The summed E-state index contributed by atoms with van der Waals surface area (Å²) in [6.07, 6.45) is 7.68. The third kappa shape index (κ3) is 0.934. The highest BCUT2D eigenvalue weighted by atomic mass is 14.8. The van der Waals surface area contributed by atoms with Crippen LogP contribution in [0.15, 0.2) is 30.4 Å². The zero-order valence-electron chi connectivity index (χ0n) is 7.38. The second-order valence-electron chi connectivity index (χ2n) is 3.54. The first-order valence-corrected chi connectivity index (χ1v) is 4.66. The molecule has 1 heterocycles. The summed E-state index contributed by atoms with van der Waals surface area (Å²) in [5, 5.41) is 6.09. The summed E-state index contributed by atoms with van der Waals surface area (Å²) in [7, 11) is 0. The van der Waals surface area contributed by atoms with Gasteiger partial charge in [0.15, 0.2) is 0 Å². The van der Waals surface area contributed by atoms with Gasteiger partial charge in [-0.3, -0.25) is 0 Å². The largest absolute Gasteiger partial charge is 0.386 e. The van der Waals surface area contributed by atoms with E-state index in [0.717, 1.165) is 13.0 Å².